The van der Waals surface area contributed by atoms with E-state index in [2.05, 4.69) is 58.5 Å². The van der Waals surface area contributed by atoms with E-state index < -0.39 is 0 Å². The van der Waals surface area contributed by atoms with Crippen molar-refractivity contribution in [1.82, 2.24) is 4.31 Å². The zero-order valence-corrected chi connectivity index (χ0v) is 16.8. The normalized spacial score (nSPS) is 11.2. The molecule has 0 saturated carbocycles. The van der Waals surface area contributed by atoms with Gasteiger partial charge in [0.05, 0.1) is 13.2 Å². The van der Waals surface area contributed by atoms with Gasteiger partial charge in [0.25, 0.3) is 0 Å². The van der Waals surface area contributed by atoms with Crippen molar-refractivity contribution in [3.63, 3.8) is 0 Å². The van der Waals surface area contributed by atoms with Crippen molar-refractivity contribution in [2.45, 2.75) is 57.3 Å². The van der Waals surface area contributed by atoms with E-state index in [1.54, 1.807) is 21.2 Å². The average molecular weight is 368 g/mol. The van der Waals surface area contributed by atoms with E-state index in [1.807, 2.05) is 0 Å². The summed E-state index contributed by atoms with van der Waals surface area (Å²) in [4.78, 5) is 13.2. The third kappa shape index (κ3) is 7.67. The minimum atomic E-state index is -0.296. The summed E-state index contributed by atoms with van der Waals surface area (Å²) in [5.74, 6) is 0. The summed E-state index contributed by atoms with van der Waals surface area (Å²) in [6.07, 6.45) is 4.52. The lowest BCUT2D eigenvalue weighted by Crippen LogP contribution is -2.24. The minimum Gasteiger partial charge on any atom is -0.449 e. The zero-order chi connectivity index (χ0) is 18.0. The number of rotatable bonds is 9. The highest BCUT2D eigenvalue weighted by molar-refractivity contribution is 8.75. The third-order valence-corrected chi connectivity index (χ3v) is 5.77. The Morgan fingerprint density at radius 1 is 1.25 bits per heavy atom. The number of hydrogen-bond donors (Lipinski definition) is 0. The minimum absolute atomic E-state index is 0.146. The Hall–Kier alpha value is -1.07. The van der Waals surface area contributed by atoms with E-state index in [-0.39, 0.29) is 11.5 Å². The van der Waals surface area contributed by atoms with Gasteiger partial charge in [0.15, 0.2) is 0 Å². The molecule has 0 aromatic heterocycles. The molecule has 1 aromatic carbocycles. The van der Waals surface area contributed by atoms with Crippen LogP contribution in [0.3, 0.4) is 0 Å². The van der Waals surface area contributed by atoms with Crippen LogP contribution in [0.1, 0.15) is 52.5 Å². The highest BCUT2D eigenvalue weighted by Crippen LogP contribution is 2.35. The first kappa shape index (κ1) is 21.0. The molecule has 0 spiro atoms. The van der Waals surface area contributed by atoms with E-state index in [4.69, 9.17) is 4.74 Å². The number of carbonyl (C=O) groups excluding carboxylic acids is 1. The lowest BCUT2D eigenvalue weighted by molar-refractivity contribution is 0.128. The molecule has 3 nitrogen and oxygen atoms in total. The number of ether oxygens (including phenoxy) is 1. The summed E-state index contributed by atoms with van der Waals surface area (Å²) in [5.41, 5.74) is 1.45. The summed E-state index contributed by atoms with van der Waals surface area (Å²) in [5, 5.41) is 0. The Morgan fingerprint density at radius 3 is 2.46 bits per heavy atom. The summed E-state index contributed by atoms with van der Waals surface area (Å²) in [6, 6.07) is 8.47. The topological polar surface area (TPSA) is 29.5 Å². The number of nitrogens with zero attached hydrogens (tertiary/aromatic N) is 1. The molecule has 0 bridgehead atoms. The fraction of sp³-hybridized carbons (Fsp3) is 0.526. The average Bonchev–Trinajstić information content (AvgIpc) is 2.55. The molecular weight excluding hydrogens is 338 g/mol. The number of amides is 1. The van der Waals surface area contributed by atoms with E-state index >= 15 is 0 Å². The van der Waals surface area contributed by atoms with Crippen LogP contribution in [0.15, 0.2) is 41.8 Å². The number of benzene rings is 1. The molecule has 1 aromatic rings. The number of carbonyl (C=O) groups is 1. The molecule has 1 amide bonds. The second-order valence-corrected chi connectivity index (χ2v) is 8.78. The predicted molar refractivity (Wildman–Crippen MR) is 106 cm³/mol. The Balaban J connectivity index is 2.53. The summed E-state index contributed by atoms with van der Waals surface area (Å²) in [6.45, 7) is 13.4. The highest BCUT2D eigenvalue weighted by atomic mass is 33.1. The quantitative estimate of drug-likeness (QED) is 0.217. The molecule has 0 heterocycles. The van der Waals surface area contributed by atoms with E-state index in [1.165, 1.54) is 16.5 Å². The predicted octanol–water partition coefficient (Wildman–Crippen LogP) is 6.45. The monoisotopic (exact) mass is 367 g/mol. The molecule has 0 aliphatic heterocycles. The molecule has 1 rings (SSSR count). The van der Waals surface area contributed by atoms with E-state index in [0.29, 0.717) is 13.2 Å². The first-order valence-corrected chi connectivity index (χ1v) is 10.5. The maximum absolute atomic E-state index is 12.1. The largest absolute Gasteiger partial charge is 0.449 e. The number of unbranched alkanes of at least 4 members (excludes halogenated alkanes) is 2. The van der Waals surface area contributed by atoms with Crippen molar-refractivity contribution in [2.75, 3.05) is 13.2 Å². The highest BCUT2D eigenvalue weighted by Gasteiger charge is 2.16. The molecule has 24 heavy (non-hydrogen) atoms. The Kier molecular flexibility index (Phi) is 9.37. The van der Waals surface area contributed by atoms with Gasteiger partial charge in [0.2, 0.25) is 0 Å². The van der Waals surface area contributed by atoms with E-state index in [0.717, 1.165) is 24.2 Å². The molecule has 0 atom stereocenters. The molecule has 0 fully saturated rings. The van der Waals surface area contributed by atoms with Gasteiger partial charge in [-0.25, -0.2) is 9.10 Å². The third-order valence-electron chi connectivity index (χ3n) is 3.42. The van der Waals surface area contributed by atoms with Crippen LogP contribution in [0.4, 0.5) is 4.79 Å². The van der Waals surface area contributed by atoms with Crippen molar-refractivity contribution in [3.05, 3.63) is 42.5 Å². The van der Waals surface area contributed by atoms with Crippen LogP contribution in [0, 0.1) is 0 Å². The van der Waals surface area contributed by atoms with Crippen molar-refractivity contribution >= 4 is 27.9 Å². The molecular formula is C19H29NO2S2. The molecule has 0 aliphatic carbocycles. The molecule has 0 N–H and O–H groups in total. The smallest absolute Gasteiger partial charge is 0.420 e. The van der Waals surface area contributed by atoms with Gasteiger partial charge in [-0.05, 0) is 40.3 Å². The van der Waals surface area contributed by atoms with Gasteiger partial charge in [-0.2, -0.15) is 0 Å². The van der Waals surface area contributed by atoms with Gasteiger partial charge in [-0.15, -0.1) is 6.58 Å². The molecule has 0 aliphatic rings. The fourth-order valence-corrected chi connectivity index (χ4v) is 3.86. The van der Waals surface area contributed by atoms with Gasteiger partial charge < -0.3 is 4.74 Å². The number of hydrogen-bond acceptors (Lipinski definition) is 4. The Labute approximate surface area is 154 Å². The summed E-state index contributed by atoms with van der Waals surface area (Å²) < 4.78 is 6.91. The molecule has 134 valence electrons. The molecule has 0 radical (unpaired) electrons. The molecule has 0 saturated heterocycles. The Morgan fingerprint density at radius 2 is 1.92 bits per heavy atom. The lowest BCUT2D eigenvalue weighted by atomic mass is 9.87. The van der Waals surface area contributed by atoms with Crippen molar-refractivity contribution in [1.29, 1.82) is 0 Å². The van der Waals surface area contributed by atoms with Crippen molar-refractivity contribution in [3.8, 4) is 0 Å². The maximum Gasteiger partial charge on any atom is 0.420 e. The van der Waals surface area contributed by atoms with Crippen LogP contribution in [-0.2, 0) is 10.2 Å². The van der Waals surface area contributed by atoms with Crippen molar-refractivity contribution in [2.24, 2.45) is 0 Å². The SMILES string of the molecule is C=CCN(SSc1ccc(C(C)(C)C)cc1)C(=O)OCCCCC. The first-order valence-electron chi connectivity index (χ1n) is 8.39. The summed E-state index contributed by atoms with van der Waals surface area (Å²) >= 11 is 0. The van der Waals surface area contributed by atoms with Gasteiger partial charge in [0.1, 0.15) is 0 Å². The fourth-order valence-electron chi connectivity index (χ4n) is 1.93. The van der Waals surface area contributed by atoms with Crippen LogP contribution in [-0.4, -0.2) is 23.6 Å². The second-order valence-electron chi connectivity index (χ2n) is 6.60. The van der Waals surface area contributed by atoms with Gasteiger partial charge in [-0.1, -0.05) is 58.7 Å². The standard InChI is InChI=1S/C19H29NO2S2/c1-6-8-9-15-22-18(21)20(14-7-2)24-23-17-12-10-16(11-13-17)19(3,4)5/h7,10-13H,2,6,8-9,14-15H2,1,3-5H3. The van der Waals surface area contributed by atoms with Gasteiger partial charge in [-0.3, -0.25) is 0 Å². The van der Waals surface area contributed by atoms with E-state index in [9.17, 15) is 4.79 Å². The molecule has 0 unspecified atom stereocenters. The Bertz CT molecular complexity index is 509. The molecule has 5 heteroatoms. The maximum atomic E-state index is 12.1. The van der Waals surface area contributed by atoms with Gasteiger partial charge >= 0.3 is 6.09 Å². The second kappa shape index (κ2) is 10.7. The van der Waals surface area contributed by atoms with Crippen LogP contribution < -0.4 is 0 Å². The van der Waals surface area contributed by atoms with Crippen LogP contribution in [0.25, 0.3) is 0 Å². The van der Waals surface area contributed by atoms with Crippen LogP contribution >= 0.6 is 21.8 Å². The van der Waals surface area contributed by atoms with Crippen molar-refractivity contribution < 1.29 is 9.53 Å². The van der Waals surface area contributed by atoms with Gasteiger partial charge in [0, 0.05) is 15.9 Å². The van der Waals surface area contributed by atoms with Crippen LogP contribution in [0.5, 0.6) is 0 Å². The summed E-state index contributed by atoms with van der Waals surface area (Å²) in [7, 11) is 2.94. The van der Waals surface area contributed by atoms with Crippen LogP contribution in [0.2, 0.25) is 0 Å². The first-order chi connectivity index (χ1) is 11.4. The zero-order valence-electron chi connectivity index (χ0n) is 15.2. The lowest BCUT2D eigenvalue weighted by Gasteiger charge is -2.20.